The lowest BCUT2D eigenvalue weighted by Crippen LogP contribution is -2.42. The molecule has 0 aromatic rings. The first-order valence-electron chi connectivity index (χ1n) is 8.04. The topological polar surface area (TPSA) is 57.7 Å². The van der Waals surface area contributed by atoms with Crippen LogP contribution in [0.25, 0.3) is 0 Å². The molecular formula is C15H30N2O3S. The highest BCUT2D eigenvalue weighted by Gasteiger charge is 2.27. The van der Waals surface area contributed by atoms with E-state index in [4.69, 9.17) is 0 Å². The third-order valence-corrected chi connectivity index (χ3v) is 6.07. The first-order valence-corrected chi connectivity index (χ1v) is 9.65. The summed E-state index contributed by atoms with van der Waals surface area (Å²) in [5.41, 5.74) is 0. The molecule has 2 aliphatic rings. The average Bonchev–Trinajstić information content (AvgIpc) is 2.38. The van der Waals surface area contributed by atoms with Crippen LogP contribution in [0.5, 0.6) is 0 Å². The van der Waals surface area contributed by atoms with Gasteiger partial charge in [0, 0.05) is 31.6 Å². The summed E-state index contributed by atoms with van der Waals surface area (Å²) in [4.78, 5) is 13.1. The standard InChI is InChI=1S/C8H15NO.C7H15NO2S/c1-7(2)9-6-4-3-5-8(9)10;1-7(2)8-5-3-4-6-11(8,9)10/h7H,3-6H2,1-2H3;7H,3-6H2,1-2H3. The van der Waals surface area contributed by atoms with E-state index in [0.29, 0.717) is 24.2 Å². The molecule has 2 fully saturated rings. The van der Waals surface area contributed by atoms with Crippen molar-refractivity contribution in [2.75, 3.05) is 18.8 Å². The van der Waals surface area contributed by atoms with Crippen LogP contribution in [0, 0.1) is 0 Å². The molecule has 6 heteroatoms. The third kappa shape index (κ3) is 5.58. The molecule has 1 amide bonds. The van der Waals surface area contributed by atoms with Crippen molar-refractivity contribution in [3.05, 3.63) is 0 Å². The molecule has 0 atom stereocenters. The number of sulfonamides is 1. The Morgan fingerprint density at radius 2 is 1.52 bits per heavy atom. The molecule has 5 nitrogen and oxygen atoms in total. The summed E-state index contributed by atoms with van der Waals surface area (Å²) in [6, 6.07) is 0.521. The zero-order valence-corrected chi connectivity index (χ0v) is 14.7. The van der Waals surface area contributed by atoms with Crippen molar-refractivity contribution in [1.29, 1.82) is 0 Å². The Labute approximate surface area is 129 Å². The molecular weight excluding hydrogens is 288 g/mol. The predicted molar refractivity (Wildman–Crippen MR) is 85.6 cm³/mol. The van der Waals surface area contributed by atoms with Gasteiger partial charge in [-0.05, 0) is 53.4 Å². The molecule has 21 heavy (non-hydrogen) atoms. The van der Waals surface area contributed by atoms with E-state index in [0.717, 1.165) is 32.2 Å². The van der Waals surface area contributed by atoms with E-state index < -0.39 is 10.0 Å². The van der Waals surface area contributed by atoms with Crippen LogP contribution in [-0.2, 0) is 14.8 Å². The molecule has 2 saturated heterocycles. The van der Waals surface area contributed by atoms with Crippen molar-refractivity contribution in [3.63, 3.8) is 0 Å². The fraction of sp³-hybridized carbons (Fsp3) is 0.933. The smallest absolute Gasteiger partial charge is 0.222 e. The first-order chi connectivity index (χ1) is 9.75. The molecule has 2 heterocycles. The average molecular weight is 318 g/mol. The van der Waals surface area contributed by atoms with Gasteiger partial charge in [-0.3, -0.25) is 4.79 Å². The SMILES string of the molecule is CC(C)N1CCCCC1=O.CC(C)N1CCCCS1(=O)=O. The predicted octanol–water partition coefficient (Wildman–Crippen LogP) is 2.23. The molecule has 0 unspecified atom stereocenters. The number of hydrogen-bond donors (Lipinski definition) is 0. The largest absolute Gasteiger partial charge is 0.340 e. The van der Waals surface area contributed by atoms with Crippen LogP contribution in [0.1, 0.15) is 59.8 Å². The molecule has 0 spiro atoms. The second-order valence-electron chi connectivity index (χ2n) is 6.37. The lowest BCUT2D eigenvalue weighted by atomic mass is 10.1. The van der Waals surface area contributed by atoms with Crippen LogP contribution >= 0.6 is 0 Å². The van der Waals surface area contributed by atoms with Crippen molar-refractivity contribution >= 4 is 15.9 Å². The van der Waals surface area contributed by atoms with Gasteiger partial charge in [-0.25, -0.2) is 8.42 Å². The van der Waals surface area contributed by atoms with Gasteiger partial charge >= 0.3 is 0 Å². The third-order valence-electron chi connectivity index (χ3n) is 3.95. The molecule has 0 aromatic carbocycles. The number of nitrogens with zero attached hydrogens (tertiary/aromatic N) is 2. The van der Waals surface area contributed by atoms with Crippen LogP contribution in [0.2, 0.25) is 0 Å². The fourth-order valence-electron chi connectivity index (χ4n) is 2.76. The molecule has 124 valence electrons. The summed E-state index contributed by atoms with van der Waals surface area (Å²) in [5.74, 6) is 0.673. The number of carbonyl (C=O) groups is 1. The molecule has 0 bridgehead atoms. The lowest BCUT2D eigenvalue weighted by Gasteiger charge is -2.30. The zero-order chi connectivity index (χ0) is 16.0. The number of hydrogen-bond acceptors (Lipinski definition) is 3. The van der Waals surface area contributed by atoms with Crippen molar-refractivity contribution in [2.45, 2.75) is 71.9 Å². The summed E-state index contributed by atoms with van der Waals surface area (Å²) in [6.45, 7) is 9.66. The lowest BCUT2D eigenvalue weighted by molar-refractivity contribution is -0.135. The van der Waals surface area contributed by atoms with Crippen molar-refractivity contribution < 1.29 is 13.2 Å². The van der Waals surface area contributed by atoms with Crippen molar-refractivity contribution in [1.82, 2.24) is 9.21 Å². The fourth-order valence-corrected chi connectivity index (χ4v) is 4.61. The molecule has 0 saturated carbocycles. The van der Waals surface area contributed by atoms with Crippen LogP contribution in [-0.4, -0.2) is 54.5 Å². The summed E-state index contributed by atoms with van der Waals surface area (Å²) in [6.07, 6.45) is 4.87. The maximum atomic E-state index is 11.3. The monoisotopic (exact) mass is 318 g/mol. The van der Waals surface area contributed by atoms with Gasteiger partial charge in [0.25, 0.3) is 0 Å². The van der Waals surface area contributed by atoms with Gasteiger partial charge in [0.2, 0.25) is 15.9 Å². The zero-order valence-electron chi connectivity index (χ0n) is 13.8. The van der Waals surface area contributed by atoms with Gasteiger partial charge in [-0.1, -0.05) is 0 Å². The summed E-state index contributed by atoms with van der Waals surface area (Å²) >= 11 is 0. The summed E-state index contributed by atoms with van der Waals surface area (Å²) < 4.78 is 24.3. The maximum Gasteiger partial charge on any atom is 0.222 e. The van der Waals surface area contributed by atoms with E-state index in [1.165, 1.54) is 6.42 Å². The quantitative estimate of drug-likeness (QED) is 0.784. The first kappa shape index (κ1) is 18.4. The van der Waals surface area contributed by atoms with Crippen LogP contribution in [0.3, 0.4) is 0 Å². The van der Waals surface area contributed by atoms with Crippen molar-refractivity contribution in [2.24, 2.45) is 0 Å². The molecule has 2 rings (SSSR count). The Balaban J connectivity index is 0.000000211. The second kappa shape index (κ2) is 8.13. The second-order valence-corrected chi connectivity index (χ2v) is 8.41. The van der Waals surface area contributed by atoms with E-state index in [1.807, 2.05) is 18.7 Å². The van der Waals surface area contributed by atoms with Gasteiger partial charge in [-0.2, -0.15) is 4.31 Å². The minimum atomic E-state index is -2.89. The number of piperidine rings is 1. The Morgan fingerprint density at radius 1 is 0.905 bits per heavy atom. The van der Waals surface area contributed by atoms with Crippen LogP contribution in [0.15, 0.2) is 0 Å². The normalized spacial score (nSPS) is 23.1. The molecule has 0 N–H and O–H groups in total. The highest BCUT2D eigenvalue weighted by atomic mass is 32.2. The summed E-state index contributed by atoms with van der Waals surface area (Å²) in [5, 5.41) is 0. The van der Waals surface area contributed by atoms with E-state index in [2.05, 4.69) is 13.8 Å². The Bertz CT molecular complexity index is 432. The number of amides is 1. The van der Waals surface area contributed by atoms with Gasteiger partial charge in [-0.15, -0.1) is 0 Å². The van der Waals surface area contributed by atoms with Gasteiger partial charge in [0.1, 0.15) is 0 Å². The van der Waals surface area contributed by atoms with E-state index >= 15 is 0 Å². The number of carbonyl (C=O) groups excluding carboxylic acids is 1. The van der Waals surface area contributed by atoms with E-state index in [-0.39, 0.29) is 6.04 Å². The molecule has 0 aromatic heterocycles. The molecule has 0 radical (unpaired) electrons. The van der Waals surface area contributed by atoms with E-state index in [1.54, 1.807) is 4.31 Å². The van der Waals surface area contributed by atoms with Gasteiger partial charge in [0.15, 0.2) is 0 Å². The van der Waals surface area contributed by atoms with Crippen LogP contribution < -0.4 is 0 Å². The van der Waals surface area contributed by atoms with Gasteiger partial charge < -0.3 is 4.90 Å². The van der Waals surface area contributed by atoms with Crippen LogP contribution in [0.4, 0.5) is 0 Å². The van der Waals surface area contributed by atoms with E-state index in [9.17, 15) is 13.2 Å². The number of likely N-dealkylation sites (tertiary alicyclic amines) is 1. The number of rotatable bonds is 2. The Hall–Kier alpha value is -0.620. The Morgan fingerprint density at radius 3 is 1.90 bits per heavy atom. The molecule has 0 aliphatic carbocycles. The summed E-state index contributed by atoms with van der Waals surface area (Å²) in [7, 11) is -2.89. The molecule has 2 aliphatic heterocycles. The highest BCUT2D eigenvalue weighted by molar-refractivity contribution is 7.89. The minimum Gasteiger partial charge on any atom is -0.340 e. The maximum absolute atomic E-state index is 11.3. The Kier molecular flexibility index (Phi) is 7.13. The highest BCUT2D eigenvalue weighted by Crippen LogP contribution is 2.16. The van der Waals surface area contributed by atoms with Gasteiger partial charge in [0.05, 0.1) is 5.75 Å². The van der Waals surface area contributed by atoms with Crippen molar-refractivity contribution in [3.8, 4) is 0 Å². The minimum absolute atomic E-state index is 0.125.